The Balaban J connectivity index is 1.74. The van der Waals surface area contributed by atoms with Crippen molar-refractivity contribution in [2.24, 2.45) is 0 Å². The minimum atomic E-state index is -0.0926. The van der Waals surface area contributed by atoms with Crippen molar-refractivity contribution >= 4 is 11.6 Å². The van der Waals surface area contributed by atoms with Crippen LogP contribution in [-0.4, -0.2) is 31.7 Å². The smallest absolute Gasteiger partial charge is 0.250 e. The monoisotopic (exact) mass is 262 g/mol. The molecule has 1 heterocycles. The molecule has 19 heavy (non-hydrogen) atoms. The number of amides is 1. The van der Waals surface area contributed by atoms with Crippen LogP contribution in [-0.2, 0) is 9.53 Å². The van der Waals surface area contributed by atoms with Gasteiger partial charge in [-0.2, -0.15) is 0 Å². The van der Waals surface area contributed by atoms with Gasteiger partial charge in [-0.25, -0.2) is 0 Å². The molecule has 1 amide bonds. The third kappa shape index (κ3) is 4.33. The van der Waals surface area contributed by atoms with Crippen LogP contribution >= 0.6 is 0 Å². The quantitative estimate of drug-likeness (QED) is 0.853. The Kier molecular flexibility index (Phi) is 4.93. The van der Waals surface area contributed by atoms with E-state index in [1.54, 1.807) is 0 Å². The second-order valence-electron chi connectivity index (χ2n) is 5.17. The normalized spacial score (nSPS) is 18.5. The van der Waals surface area contributed by atoms with Gasteiger partial charge in [0.1, 0.15) is 6.61 Å². The fourth-order valence-electron chi connectivity index (χ4n) is 2.33. The summed E-state index contributed by atoms with van der Waals surface area (Å²) in [6, 6.07) is 6.39. The Morgan fingerprint density at radius 2 is 2.32 bits per heavy atom. The highest BCUT2D eigenvalue weighted by Crippen LogP contribution is 2.15. The topological polar surface area (TPSA) is 50.4 Å². The van der Waals surface area contributed by atoms with Crippen LogP contribution in [0.25, 0.3) is 0 Å². The summed E-state index contributed by atoms with van der Waals surface area (Å²) in [5, 5.41) is 6.22. The molecule has 1 atom stereocenters. The van der Waals surface area contributed by atoms with Crippen molar-refractivity contribution in [1.29, 1.82) is 0 Å². The Morgan fingerprint density at radius 3 is 3.00 bits per heavy atom. The lowest BCUT2D eigenvalue weighted by Gasteiger charge is -2.12. The fraction of sp³-hybridized carbons (Fsp3) is 0.533. The van der Waals surface area contributed by atoms with E-state index in [1.165, 1.54) is 12.0 Å². The Hall–Kier alpha value is -1.39. The van der Waals surface area contributed by atoms with E-state index in [9.17, 15) is 4.79 Å². The summed E-state index contributed by atoms with van der Waals surface area (Å²) in [6.07, 6.45) is 2.33. The first-order chi connectivity index (χ1) is 9.15. The van der Waals surface area contributed by atoms with Crippen LogP contribution in [0.5, 0.6) is 0 Å². The zero-order valence-corrected chi connectivity index (χ0v) is 11.7. The number of carbonyl (C=O) groups is 1. The number of hydrogen-bond acceptors (Lipinski definition) is 3. The average Bonchev–Trinajstić information content (AvgIpc) is 2.86. The van der Waals surface area contributed by atoms with Crippen LogP contribution < -0.4 is 10.6 Å². The standard InChI is InChI=1S/C15H22N2O2/c1-11-5-6-14(12(2)8-11)17-15(18)10-19-9-13-4-3-7-16-13/h5-6,8,13,16H,3-4,7,9-10H2,1-2H3,(H,17,18)/t13-/m0/s1. The van der Waals surface area contributed by atoms with Gasteiger partial charge in [-0.1, -0.05) is 17.7 Å². The van der Waals surface area contributed by atoms with E-state index in [0.29, 0.717) is 12.6 Å². The Bertz CT molecular complexity index is 440. The minimum Gasteiger partial charge on any atom is -0.370 e. The summed E-state index contributed by atoms with van der Waals surface area (Å²) in [5.41, 5.74) is 3.13. The lowest BCUT2D eigenvalue weighted by molar-refractivity contribution is -0.120. The molecule has 2 rings (SSSR count). The van der Waals surface area contributed by atoms with Gasteiger partial charge in [0.05, 0.1) is 6.61 Å². The molecule has 0 radical (unpaired) electrons. The maximum absolute atomic E-state index is 11.8. The Labute approximate surface area is 114 Å². The van der Waals surface area contributed by atoms with E-state index < -0.39 is 0 Å². The third-order valence-corrected chi connectivity index (χ3v) is 3.37. The van der Waals surface area contributed by atoms with Gasteiger partial charge in [0.25, 0.3) is 0 Å². The number of anilines is 1. The molecule has 0 aromatic heterocycles. The van der Waals surface area contributed by atoms with E-state index >= 15 is 0 Å². The molecule has 2 N–H and O–H groups in total. The first kappa shape index (κ1) is 14.0. The number of benzene rings is 1. The van der Waals surface area contributed by atoms with Crippen LogP contribution in [0.1, 0.15) is 24.0 Å². The van der Waals surface area contributed by atoms with E-state index in [4.69, 9.17) is 4.74 Å². The van der Waals surface area contributed by atoms with Crippen LogP contribution in [0.4, 0.5) is 5.69 Å². The molecule has 0 spiro atoms. The molecule has 0 saturated carbocycles. The van der Waals surface area contributed by atoms with Crippen LogP contribution in [0.2, 0.25) is 0 Å². The van der Waals surface area contributed by atoms with Crippen molar-refractivity contribution in [1.82, 2.24) is 5.32 Å². The van der Waals surface area contributed by atoms with E-state index in [2.05, 4.69) is 16.7 Å². The van der Waals surface area contributed by atoms with Crippen molar-refractivity contribution in [3.63, 3.8) is 0 Å². The summed E-state index contributed by atoms with van der Waals surface area (Å²) in [4.78, 5) is 11.8. The number of carbonyl (C=O) groups excluding carboxylic acids is 1. The van der Waals surface area contributed by atoms with Crippen LogP contribution in [0.3, 0.4) is 0 Å². The van der Waals surface area contributed by atoms with E-state index in [0.717, 1.165) is 24.2 Å². The minimum absolute atomic E-state index is 0.0926. The first-order valence-electron chi connectivity index (χ1n) is 6.83. The maximum atomic E-state index is 11.8. The molecule has 1 fully saturated rings. The van der Waals surface area contributed by atoms with Gasteiger partial charge in [0.15, 0.2) is 0 Å². The predicted octanol–water partition coefficient (Wildman–Crippen LogP) is 2.01. The molecule has 104 valence electrons. The van der Waals surface area contributed by atoms with Crippen LogP contribution in [0.15, 0.2) is 18.2 Å². The second-order valence-corrected chi connectivity index (χ2v) is 5.17. The van der Waals surface area contributed by atoms with Gasteiger partial charge < -0.3 is 15.4 Å². The summed E-state index contributed by atoms with van der Waals surface area (Å²) in [6.45, 7) is 5.82. The summed E-state index contributed by atoms with van der Waals surface area (Å²) in [7, 11) is 0. The molecule has 1 saturated heterocycles. The number of nitrogens with one attached hydrogen (secondary N) is 2. The lowest BCUT2D eigenvalue weighted by Crippen LogP contribution is -2.29. The lowest BCUT2D eigenvalue weighted by atomic mass is 10.1. The molecule has 0 bridgehead atoms. The summed E-state index contributed by atoms with van der Waals surface area (Å²) in [5.74, 6) is -0.0926. The molecule has 1 aromatic rings. The molecule has 4 heteroatoms. The van der Waals surface area contributed by atoms with Crippen molar-refractivity contribution < 1.29 is 9.53 Å². The Morgan fingerprint density at radius 1 is 1.47 bits per heavy atom. The molecular formula is C15H22N2O2. The van der Waals surface area contributed by atoms with Gasteiger partial charge in [-0.3, -0.25) is 4.79 Å². The average molecular weight is 262 g/mol. The SMILES string of the molecule is Cc1ccc(NC(=O)COC[C@@H]2CCCN2)c(C)c1. The van der Waals surface area contributed by atoms with Crippen molar-refractivity contribution in [3.8, 4) is 0 Å². The molecule has 1 aliphatic rings. The zero-order chi connectivity index (χ0) is 13.7. The molecule has 4 nitrogen and oxygen atoms in total. The van der Waals surface area contributed by atoms with Gasteiger partial charge in [0, 0.05) is 11.7 Å². The summed E-state index contributed by atoms with van der Waals surface area (Å²) >= 11 is 0. The number of rotatable bonds is 5. The molecule has 0 unspecified atom stereocenters. The van der Waals surface area contributed by atoms with Gasteiger partial charge in [-0.05, 0) is 44.9 Å². The van der Waals surface area contributed by atoms with Crippen LogP contribution in [0, 0.1) is 13.8 Å². The fourth-order valence-corrected chi connectivity index (χ4v) is 2.33. The number of ether oxygens (including phenoxy) is 1. The van der Waals surface area contributed by atoms with E-state index in [-0.39, 0.29) is 12.5 Å². The second kappa shape index (κ2) is 6.68. The molecule has 1 aromatic carbocycles. The summed E-state index contributed by atoms with van der Waals surface area (Å²) < 4.78 is 5.44. The van der Waals surface area contributed by atoms with Gasteiger partial charge >= 0.3 is 0 Å². The molecular weight excluding hydrogens is 240 g/mol. The zero-order valence-electron chi connectivity index (χ0n) is 11.7. The highest BCUT2D eigenvalue weighted by atomic mass is 16.5. The first-order valence-corrected chi connectivity index (χ1v) is 6.83. The van der Waals surface area contributed by atoms with E-state index in [1.807, 2.05) is 26.0 Å². The molecule has 1 aliphatic heterocycles. The van der Waals surface area contributed by atoms with Crippen molar-refractivity contribution in [2.75, 3.05) is 25.1 Å². The van der Waals surface area contributed by atoms with Crippen molar-refractivity contribution in [2.45, 2.75) is 32.7 Å². The number of hydrogen-bond donors (Lipinski definition) is 2. The maximum Gasteiger partial charge on any atom is 0.250 e. The highest BCUT2D eigenvalue weighted by Gasteiger charge is 2.14. The predicted molar refractivity (Wildman–Crippen MR) is 76.4 cm³/mol. The molecule has 0 aliphatic carbocycles. The van der Waals surface area contributed by atoms with Gasteiger partial charge in [0.2, 0.25) is 5.91 Å². The number of aryl methyl sites for hydroxylation is 2. The van der Waals surface area contributed by atoms with Gasteiger partial charge in [-0.15, -0.1) is 0 Å². The van der Waals surface area contributed by atoms with Crippen molar-refractivity contribution in [3.05, 3.63) is 29.3 Å². The highest BCUT2D eigenvalue weighted by molar-refractivity contribution is 5.92. The largest absolute Gasteiger partial charge is 0.370 e. The third-order valence-electron chi connectivity index (χ3n) is 3.37.